The molecule has 4 rings (SSSR count). The molecule has 0 aromatic rings. The first-order chi connectivity index (χ1) is 10.1. The fourth-order valence-corrected chi connectivity index (χ4v) is 6.89. The number of ketones is 1. The number of fused-ring (bicyclic) bond motifs is 5. The SMILES string of the molecule is CN[C@H]1CCC2[C@@H](CCC3[C@@H]2CCC2(C)C(=O)CC[C@@H]32)C1. The summed E-state index contributed by atoms with van der Waals surface area (Å²) in [6, 6.07) is 0.768. The molecule has 7 atom stereocenters. The zero-order valence-electron chi connectivity index (χ0n) is 13.7. The predicted octanol–water partition coefficient (Wildman–Crippen LogP) is 3.80. The average molecular weight is 289 g/mol. The predicted molar refractivity (Wildman–Crippen MR) is 85.0 cm³/mol. The van der Waals surface area contributed by atoms with Gasteiger partial charge in [0.1, 0.15) is 5.78 Å². The molecule has 118 valence electrons. The van der Waals surface area contributed by atoms with Gasteiger partial charge in [0, 0.05) is 17.9 Å². The van der Waals surface area contributed by atoms with E-state index in [2.05, 4.69) is 19.3 Å². The molecule has 3 unspecified atom stereocenters. The van der Waals surface area contributed by atoms with Gasteiger partial charge >= 0.3 is 0 Å². The minimum absolute atomic E-state index is 0.0657. The molecule has 2 nitrogen and oxygen atoms in total. The van der Waals surface area contributed by atoms with Crippen molar-refractivity contribution < 1.29 is 4.79 Å². The van der Waals surface area contributed by atoms with Crippen LogP contribution in [0.2, 0.25) is 0 Å². The largest absolute Gasteiger partial charge is 0.317 e. The van der Waals surface area contributed by atoms with E-state index in [0.717, 1.165) is 42.1 Å². The Balaban J connectivity index is 1.54. The van der Waals surface area contributed by atoms with Crippen LogP contribution in [-0.2, 0) is 4.79 Å². The quantitative estimate of drug-likeness (QED) is 0.795. The first-order valence-corrected chi connectivity index (χ1v) is 9.34. The number of rotatable bonds is 1. The molecular formula is C19H31NO. The van der Waals surface area contributed by atoms with E-state index in [1.165, 1.54) is 51.4 Å². The first kappa shape index (κ1) is 14.2. The van der Waals surface area contributed by atoms with Gasteiger partial charge in [-0.3, -0.25) is 4.79 Å². The highest BCUT2D eigenvalue weighted by Crippen LogP contribution is 2.61. The summed E-state index contributed by atoms with van der Waals surface area (Å²) in [5.74, 6) is 5.10. The maximum Gasteiger partial charge on any atom is 0.139 e. The van der Waals surface area contributed by atoms with Gasteiger partial charge in [-0.25, -0.2) is 0 Å². The van der Waals surface area contributed by atoms with Crippen molar-refractivity contribution in [1.82, 2.24) is 5.32 Å². The smallest absolute Gasteiger partial charge is 0.139 e. The minimum Gasteiger partial charge on any atom is -0.317 e. The van der Waals surface area contributed by atoms with Crippen molar-refractivity contribution in [2.45, 2.75) is 70.8 Å². The average Bonchev–Trinajstić information content (AvgIpc) is 2.82. The third-order valence-corrected chi connectivity index (χ3v) is 8.07. The summed E-state index contributed by atoms with van der Waals surface area (Å²) in [5.41, 5.74) is 0.0657. The lowest BCUT2D eigenvalue weighted by molar-refractivity contribution is -0.132. The van der Waals surface area contributed by atoms with Crippen molar-refractivity contribution in [3.05, 3.63) is 0 Å². The van der Waals surface area contributed by atoms with Crippen LogP contribution in [-0.4, -0.2) is 18.9 Å². The van der Waals surface area contributed by atoms with Crippen LogP contribution < -0.4 is 5.32 Å². The van der Waals surface area contributed by atoms with Crippen molar-refractivity contribution in [3.8, 4) is 0 Å². The van der Waals surface area contributed by atoms with Crippen molar-refractivity contribution >= 4 is 5.78 Å². The van der Waals surface area contributed by atoms with Crippen LogP contribution in [0.4, 0.5) is 0 Å². The highest BCUT2D eigenvalue weighted by molar-refractivity contribution is 5.87. The molecule has 4 saturated carbocycles. The van der Waals surface area contributed by atoms with Gasteiger partial charge in [-0.2, -0.15) is 0 Å². The molecule has 0 aromatic heterocycles. The second-order valence-electron chi connectivity index (χ2n) is 8.65. The van der Waals surface area contributed by atoms with E-state index in [9.17, 15) is 4.79 Å². The topological polar surface area (TPSA) is 29.1 Å². The van der Waals surface area contributed by atoms with E-state index in [4.69, 9.17) is 0 Å². The molecule has 2 heteroatoms. The highest BCUT2D eigenvalue weighted by Gasteiger charge is 2.56. The number of hydrogen-bond donors (Lipinski definition) is 1. The zero-order valence-corrected chi connectivity index (χ0v) is 13.7. The van der Waals surface area contributed by atoms with Crippen LogP contribution in [0.15, 0.2) is 0 Å². The molecule has 4 aliphatic carbocycles. The van der Waals surface area contributed by atoms with Crippen LogP contribution in [0, 0.1) is 35.0 Å². The normalized spacial score (nSPS) is 53.0. The fraction of sp³-hybridized carbons (Fsp3) is 0.947. The number of hydrogen-bond acceptors (Lipinski definition) is 2. The Morgan fingerprint density at radius 1 is 1.00 bits per heavy atom. The van der Waals surface area contributed by atoms with Gasteiger partial charge in [0.2, 0.25) is 0 Å². The molecule has 4 aliphatic rings. The number of carbonyl (C=O) groups excluding carboxylic acids is 1. The summed E-state index contributed by atoms with van der Waals surface area (Å²) < 4.78 is 0. The van der Waals surface area contributed by atoms with Crippen LogP contribution >= 0.6 is 0 Å². The fourth-order valence-electron chi connectivity index (χ4n) is 6.89. The van der Waals surface area contributed by atoms with Gasteiger partial charge in [0.15, 0.2) is 0 Å². The number of nitrogens with one attached hydrogen (secondary N) is 1. The van der Waals surface area contributed by atoms with Gasteiger partial charge in [-0.1, -0.05) is 6.92 Å². The lowest BCUT2D eigenvalue weighted by Crippen LogP contribution is -2.50. The molecule has 0 saturated heterocycles. The van der Waals surface area contributed by atoms with Crippen molar-refractivity contribution in [1.29, 1.82) is 0 Å². The Labute approximate surface area is 129 Å². The molecule has 21 heavy (non-hydrogen) atoms. The molecular weight excluding hydrogens is 258 g/mol. The zero-order chi connectivity index (χ0) is 14.6. The maximum absolute atomic E-state index is 12.4. The van der Waals surface area contributed by atoms with Crippen LogP contribution in [0.1, 0.15) is 64.7 Å². The second-order valence-corrected chi connectivity index (χ2v) is 8.65. The minimum atomic E-state index is 0.0657. The monoisotopic (exact) mass is 289 g/mol. The van der Waals surface area contributed by atoms with Crippen LogP contribution in [0.3, 0.4) is 0 Å². The van der Waals surface area contributed by atoms with E-state index in [0.29, 0.717) is 5.78 Å². The first-order valence-electron chi connectivity index (χ1n) is 9.34. The van der Waals surface area contributed by atoms with Crippen molar-refractivity contribution in [2.24, 2.45) is 35.0 Å². The Bertz CT molecular complexity index is 433. The van der Waals surface area contributed by atoms with Gasteiger partial charge in [-0.05, 0) is 88.0 Å². The lowest BCUT2D eigenvalue weighted by Gasteiger charge is -2.54. The van der Waals surface area contributed by atoms with Gasteiger partial charge in [0.25, 0.3) is 0 Å². The molecule has 0 spiro atoms. The summed E-state index contributed by atoms with van der Waals surface area (Å²) in [5, 5.41) is 3.51. The molecule has 4 fully saturated rings. The third kappa shape index (κ3) is 2.04. The Hall–Kier alpha value is -0.370. The standard InChI is InChI=1S/C19H31NO/c1-19-10-9-15-14-6-4-13(20-2)11-12(14)3-5-16(15)17(19)7-8-18(19)21/h12-17,20H,3-11H2,1-2H3/t12-,13-,14?,15+,16?,17-,19?/m0/s1. The van der Waals surface area contributed by atoms with Crippen LogP contribution in [0.25, 0.3) is 0 Å². The lowest BCUT2D eigenvalue weighted by atomic mass is 9.50. The van der Waals surface area contributed by atoms with E-state index in [1.54, 1.807) is 0 Å². The van der Waals surface area contributed by atoms with E-state index < -0.39 is 0 Å². The Morgan fingerprint density at radius 3 is 2.62 bits per heavy atom. The maximum atomic E-state index is 12.4. The molecule has 0 aliphatic heterocycles. The number of carbonyl (C=O) groups is 1. The molecule has 0 heterocycles. The van der Waals surface area contributed by atoms with E-state index in [-0.39, 0.29) is 5.41 Å². The molecule has 0 aromatic carbocycles. The van der Waals surface area contributed by atoms with Crippen LogP contribution in [0.5, 0.6) is 0 Å². The summed E-state index contributed by atoms with van der Waals surface area (Å²) in [7, 11) is 2.13. The molecule has 0 bridgehead atoms. The number of Topliss-reactive ketones (excluding diaryl/α,β-unsaturated/α-hetero) is 1. The van der Waals surface area contributed by atoms with Gasteiger partial charge in [0.05, 0.1) is 0 Å². The molecule has 0 amide bonds. The summed E-state index contributed by atoms with van der Waals surface area (Å²) >= 11 is 0. The second kappa shape index (κ2) is 5.08. The highest BCUT2D eigenvalue weighted by atomic mass is 16.1. The third-order valence-electron chi connectivity index (χ3n) is 8.07. The van der Waals surface area contributed by atoms with Crippen molar-refractivity contribution in [2.75, 3.05) is 7.05 Å². The van der Waals surface area contributed by atoms with Gasteiger partial charge in [-0.15, -0.1) is 0 Å². The summed E-state index contributed by atoms with van der Waals surface area (Å²) in [4.78, 5) is 12.4. The van der Waals surface area contributed by atoms with E-state index >= 15 is 0 Å². The Morgan fingerprint density at radius 2 is 1.81 bits per heavy atom. The molecule has 0 radical (unpaired) electrons. The van der Waals surface area contributed by atoms with Gasteiger partial charge < -0.3 is 5.32 Å². The summed E-state index contributed by atoms with van der Waals surface area (Å²) in [6.45, 7) is 2.30. The molecule has 1 N–H and O–H groups in total. The van der Waals surface area contributed by atoms with Crippen molar-refractivity contribution in [3.63, 3.8) is 0 Å². The Kier molecular flexibility index (Phi) is 3.44. The summed E-state index contributed by atoms with van der Waals surface area (Å²) in [6.07, 6.45) is 11.7. The van der Waals surface area contributed by atoms with E-state index in [1.807, 2.05) is 0 Å².